The lowest BCUT2D eigenvalue weighted by Crippen LogP contribution is -2.31. The lowest BCUT2D eigenvalue weighted by Gasteiger charge is -2.18. The highest BCUT2D eigenvalue weighted by Crippen LogP contribution is 2.20. The van der Waals surface area contributed by atoms with Crippen LogP contribution in [0, 0.1) is 19.7 Å². The fraction of sp³-hybridized carbons (Fsp3) is 0.318. The second kappa shape index (κ2) is 9.46. The zero-order chi connectivity index (χ0) is 22.5. The molecular weight excluding hydrogens is 399 g/mol. The van der Waals surface area contributed by atoms with E-state index in [2.05, 4.69) is 26.2 Å². The van der Waals surface area contributed by atoms with E-state index < -0.39 is 6.04 Å². The van der Waals surface area contributed by atoms with Gasteiger partial charge in [-0.25, -0.2) is 9.07 Å². The summed E-state index contributed by atoms with van der Waals surface area (Å²) < 4.78 is 15.1. The third-order valence-electron chi connectivity index (χ3n) is 4.74. The van der Waals surface area contributed by atoms with Crippen LogP contribution in [0.25, 0.3) is 0 Å². The number of hydrogen-bond acceptors (Lipinski definition) is 5. The van der Waals surface area contributed by atoms with Gasteiger partial charge in [-0.3, -0.25) is 9.59 Å². The fourth-order valence-electron chi connectivity index (χ4n) is 3.21. The van der Waals surface area contributed by atoms with E-state index in [0.717, 1.165) is 5.56 Å². The lowest BCUT2D eigenvalue weighted by molar-refractivity contribution is -0.119. The van der Waals surface area contributed by atoms with Gasteiger partial charge in [0, 0.05) is 23.7 Å². The summed E-state index contributed by atoms with van der Waals surface area (Å²) in [6.07, 6.45) is 0.196. The van der Waals surface area contributed by atoms with E-state index in [4.69, 9.17) is 0 Å². The van der Waals surface area contributed by atoms with Crippen molar-refractivity contribution in [1.82, 2.24) is 25.5 Å². The number of benzene rings is 2. The molecule has 8 nitrogen and oxygen atoms in total. The molecule has 2 N–H and O–H groups in total. The Labute approximate surface area is 179 Å². The van der Waals surface area contributed by atoms with Crippen LogP contribution in [0.3, 0.4) is 0 Å². The molecule has 0 fully saturated rings. The van der Waals surface area contributed by atoms with Crippen molar-refractivity contribution in [3.8, 4) is 0 Å². The van der Waals surface area contributed by atoms with Gasteiger partial charge in [0.25, 0.3) is 5.91 Å². The molecule has 1 unspecified atom stereocenters. The van der Waals surface area contributed by atoms with E-state index in [1.54, 1.807) is 37.3 Å². The molecule has 0 aliphatic rings. The highest BCUT2D eigenvalue weighted by molar-refractivity contribution is 5.99. The van der Waals surface area contributed by atoms with Crippen molar-refractivity contribution in [2.45, 2.75) is 46.2 Å². The Hall–Kier alpha value is -3.62. The minimum Gasteiger partial charge on any atom is -0.350 e. The molecule has 9 heteroatoms. The summed E-state index contributed by atoms with van der Waals surface area (Å²) in [4.78, 5) is 25.6. The summed E-state index contributed by atoms with van der Waals surface area (Å²) in [5.41, 5.74) is 2.38. The first kappa shape index (κ1) is 22.1. The number of amides is 2. The van der Waals surface area contributed by atoms with E-state index >= 15 is 0 Å². The van der Waals surface area contributed by atoms with E-state index in [0.29, 0.717) is 22.6 Å². The van der Waals surface area contributed by atoms with Gasteiger partial charge in [0.15, 0.2) is 0 Å². The Morgan fingerprint density at radius 3 is 2.55 bits per heavy atom. The number of hydrogen-bond donors (Lipinski definition) is 2. The highest BCUT2D eigenvalue weighted by atomic mass is 19.1. The van der Waals surface area contributed by atoms with Crippen molar-refractivity contribution in [1.29, 1.82) is 0 Å². The van der Waals surface area contributed by atoms with Gasteiger partial charge in [-0.1, -0.05) is 18.2 Å². The highest BCUT2D eigenvalue weighted by Gasteiger charge is 2.25. The first-order valence-electron chi connectivity index (χ1n) is 9.96. The number of rotatable bonds is 7. The van der Waals surface area contributed by atoms with Crippen molar-refractivity contribution >= 4 is 17.5 Å². The molecule has 0 radical (unpaired) electrons. The monoisotopic (exact) mass is 424 g/mol. The van der Waals surface area contributed by atoms with E-state index in [-0.39, 0.29) is 30.1 Å². The lowest BCUT2D eigenvalue weighted by atomic mass is 10.0. The molecule has 2 aromatic carbocycles. The van der Waals surface area contributed by atoms with Crippen molar-refractivity contribution in [2.24, 2.45) is 0 Å². The van der Waals surface area contributed by atoms with E-state index in [1.807, 2.05) is 20.8 Å². The molecule has 162 valence electrons. The number of carbonyl (C=O) groups excluding carboxylic acids is 2. The molecule has 0 saturated heterocycles. The van der Waals surface area contributed by atoms with Gasteiger partial charge >= 0.3 is 0 Å². The van der Waals surface area contributed by atoms with Crippen molar-refractivity contribution in [3.05, 3.63) is 70.8 Å². The average molecular weight is 424 g/mol. The second-order valence-electron chi connectivity index (χ2n) is 7.67. The molecule has 0 aliphatic carbocycles. The predicted octanol–water partition coefficient (Wildman–Crippen LogP) is 2.99. The Morgan fingerprint density at radius 1 is 1.13 bits per heavy atom. The molecule has 2 amide bonds. The minimum absolute atomic E-state index is 0.0106. The summed E-state index contributed by atoms with van der Waals surface area (Å²) >= 11 is 0. The van der Waals surface area contributed by atoms with Crippen LogP contribution in [0.5, 0.6) is 0 Å². The van der Waals surface area contributed by atoms with E-state index in [1.165, 1.54) is 16.8 Å². The minimum atomic E-state index is -0.800. The number of anilines is 1. The number of aryl methyl sites for hydroxylation is 2. The quantitative estimate of drug-likeness (QED) is 0.607. The molecule has 0 saturated carbocycles. The molecular formula is C22H25FN6O2. The van der Waals surface area contributed by atoms with Crippen LogP contribution in [0.15, 0.2) is 42.5 Å². The molecule has 1 heterocycles. The average Bonchev–Trinajstić information content (AvgIpc) is 3.12. The molecule has 3 rings (SSSR count). The van der Waals surface area contributed by atoms with Gasteiger partial charge in [-0.05, 0) is 73.5 Å². The van der Waals surface area contributed by atoms with Crippen LogP contribution in [-0.2, 0) is 11.2 Å². The maximum Gasteiger partial charge on any atom is 0.251 e. The number of carbonyl (C=O) groups is 2. The number of nitrogens with zero attached hydrogens (tertiary/aromatic N) is 4. The van der Waals surface area contributed by atoms with Gasteiger partial charge in [-0.15, -0.1) is 5.10 Å². The molecule has 3 aromatic rings. The smallest absolute Gasteiger partial charge is 0.251 e. The Bertz CT molecular complexity index is 1100. The zero-order valence-electron chi connectivity index (χ0n) is 17.9. The van der Waals surface area contributed by atoms with Crippen molar-refractivity contribution in [2.75, 3.05) is 5.32 Å². The van der Waals surface area contributed by atoms with Crippen LogP contribution < -0.4 is 10.6 Å². The Balaban J connectivity index is 1.87. The summed E-state index contributed by atoms with van der Waals surface area (Å²) in [5.74, 6) is -0.517. The van der Waals surface area contributed by atoms with Gasteiger partial charge in [0.1, 0.15) is 17.7 Å². The van der Waals surface area contributed by atoms with Crippen LogP contribution in [0.4, 0.5) is 10.1 Å². The number of aromatic nitrogens is 4. The van der Waals surface area contributed by atoms with Crippen molar-refractivity contribution < 1.29 is 14.0 Å². The number of halogens is 1. The fourth-order valence-corrected chi connectivity index (χ4v) is 3.21. The second-order valence-corrected chi connectivity index (χ2v) is 7.67. The maximum atomic E-state index is 13.6. The first-order valence-corrected chi connectivity index (χ1v) is 9.96. The van der Waals surface area contributed by atoms with E-state index in [9.17, 15) is 14.0 Å². The first-order chi connectivity index (χ1) is 14.7. The van der Waals surface area contributed by atoms with Gasteiger partial charge in [0.2, 0.25) is 5.91 Å². The molecule has 31 heavy (non-hydrogen) atoms. The zero-order valence-corrected chi connectivity index (χ0v) is 17.9. The summed E-state index contributed by atoms with van der Waals surface area (Å²) in [6.45, 7) is 7.28. The predicted molar refractivity (Wildman–Crippen MR) is 114 cm³/mol. The standard InChI is InChI=1S/C22H25FN6O2/c1-13(2)24-21(30)19-12-18(9-8-14(19)3)25-22(31)20(29-15(4)26-27-28-29)11-16-6-5-7-17(23)10-16/h5-10,12-13,20H,11H2,1-4H3,(H,24,30)(H,25,31). The molecule has 1 atom stereocenters. The van der Waals surface area contributed by atoms with Gasteiger partial charge in [-0.2, -0.15) is 0 Å². The Kier molecular flexibility index (Phi) is 6.74. The maximum absolute atomic E-state index is 13.6. The molecule has 1 aromatic heterocycles. The van der Waals surface area contributed by atoms with Gasteiger partial charge in [0.05, 0.1) is 0 Å². The third-order valence-corrected chi connectivity index (χ3v) is 4.74. The normalized spacial score (nSPS) is 11.9. The SMILES string of the molecule is Cc1ccc(NC(=O)C(Cc2cccc(F)c2)n2nnnc2C)cc1C(=O)NC(C)C. The third kappa shape index (κ3) is 5.50. The van der Waals surface area contributed by atoms with Gasteiger partial charge < -0.3 is 10.6 Å². The summed E-state index contributed by atoms with van der Waals surface area (Å²) in [5, 5.41) is 17.1. The van der Waals surface area contributed by atoms with Crippen LogP contribution in [-0.4, -0.2) is 38.1 Å². The van der Waals surface area contributed by atoms with Crippen molar-refractivity contribution in [3.63, 3.8) is 0 Å². The Morgan fingerprint density at radius 2 is 1.90 bits per heavy atom. The number of tetrazole rings is 1. The van der Waals surface area contributed by atoms with Crippen LogP contribution >= 0.6 is 0 Å². The topological polar surface area (TPSA) is 102 Å². The van der Waals surface area contributed by atoms with Crippen LogP contribution in [0.2, 0.25) is 0 Å². The van der Waals surface area contributed by atoms with Crippen LogP contribution in [0.1, 0.15) is 47.2 Å². The molecule has 0 spiro atoms. The summed E-state index contributed by atoms with van der Waals surface area (Å²) in [6, 6.07) is 10.4. The molecule has 0 aliphatic heterocycles. The summed E-state index contributed by atoms with van der Waals surface area (Å²) in [7, 11) is 0. The number of nitrogens with one attached hydrogen (secondary N) is 2. The molecule has 0 bridgehead atoms. The largest absolute Gasteiger partial charge is 0.350 e.